The maximum Gasteiger partial charge on any atom is 0.315 e. The van der Waals surface area contributed by atoms with Crippen LogP contribution in [-0.2, 0) is 19.7 Å². The fourth-order valence-corrected chi connectivity index (χ4v) is 6.98. The van der Waals surface area contributed by atoms with Crippen LogP contribution in [0.3, 0.4) is 0 Å². The van der Waals surface area contributed by atoms with Crippen molar-refractivity contribution in [1.82, 2.24) is 10.6 Å². The van der Waals surface area contributed by atoms with Gasteiger partial charge in [-0.2, -0.15) is 0 Å². The van der Waals surface area contributed by atoms with Crippen molar-refractivity contribution in [3.8, 4) is 0 Å². The molecule has 2 atom stereocenters. The van der Waals surface area contributed by atoms with Gasteiger partial charge in [-0.3, -0.25) is 0 Å². The maximum atomic E-state index is 12.0. The first-order chi connectivity index (χ1) is 8.93. The van der Waals surface area contributed by atoms with Crippen LogP contribution in [0.15, 0.2) is 0 Å². The lowest BCUT2D eigenvalue weighted by Gasteiger charge is -2.29. The van der Waals surface area contributed by atoms with Gasteiger partial charge in [0.25, 0.3) is 0 Å². The fourth-order valence-electron chi connectivity index (χ4n) is 2.80. The van der Waals surface area contributed by atoms with Crippen molar-refractivity contribution in [2.75, 3.05) is 23.0 Å². The summed E-state index contributed by atoms with van der Waals surface area (Å²) in [7, 11) is -6.20. The quantitative estimate of drug-likeness (QED) is 0.707. The molecular weight excluding hydrogens is 304 g/mol. The summed E-state index contributed by atoms with van der Waals surface area (Å²) in [6, 6.07) is -0.510. The van der Waals surface area contributed by atoms with E-state index in [1.807, 2.05) is 0 Å². The molecule has 0 bridgehead atoms. The first-order valence-electron chi connectivity index (χ1n) is 6.44. The van der Waals surface area contributed by atoms with E-state index in [-0.39, 0.29) is 23.0 Å². The van der Waals surface area contributed by atoms with Gasteiger partial charge in [-0.1, -0.05) is 0 Å². The molecule has 2 heterocycles. The van der Waals surface area contributed by atoms with Crippen molar-refractivity contribution in [1.29, 1.82) is 0 Å². The summed E-state index contributed by atoms with van der Waals surface area (Å²) in [4.78, 5) is 12.0. The highest BCUT2D eigenvalue weighted by atomic mass is 32.2. The van der Waals surface area contributed by atoms with Gasteiger partial charge in [0.1, 0.15) is 0 Å². The predicted octanol–water partition coefficient (Wildman–Crippen LogP) is -0.560. The molecule has 7 nitrogen and oxygen atoms in total. The Balaban J connectivity index is 1.97. The van der Waals surface area contributed by atoms with Crippen molar-refractivity contribution in [2.45, 2.75) is 37.8 Å². The summed E-state index contributed by atoms with van der Waals surface area (Å²) in [5.41, 5.74) is -1.56. The van der Waals surface area contributed by atoms with Crippen LogP contribution in [-0.4, -0.2) is 57.0 Å². The van der Waals surface area contributed by atoms with E-state index in [4.69, 9.17) is 0 Å². The van der Waals surface area contributed by atoms with Gasteiger partial charge in [-0.25, -0.2) is 21.6 Å². The van der Waals surface area contributed by atoms with Crippen LogP contribution in [0.25, 0.3) is 0 Å². The first-order valence-corrected chi connectivity index (χ1v) is 10.1. The van der Waals surface area contributed by atoms with E-state index in [0.717, 1.165) is 0 Å². The van der Waals surface area contributed by atoms with Crippen LogP contribution in [0.5, 0.6) is 0 Å². The van der Waals surface area contributed by atoms with E-state index in [0.29, 0.717) is 12.8 Å². The second-order valence-corrected chi connectivity index (χ2v) is 10.8. The van der Waals surface area contributed by atoms with Crippen molar-refractivity contribution < 1.29 is 21.6 Å². The Morgan fingerprint density at radius 3 is 1.45 bits per heavy atom. The molecule has 20 heavy (non-hydrogen) atoms. The highest BCUT2D eigenvalue weighted by Crippen LogP contribution is 2.25. The Morgan fingerprint density at radius 1 is 0.850 bits per heavy atom. The molecule has 0 aromatic heterocycles. The summed E-state index contributed by atoms with van der Waals surface area (Å²) in [6.45, 7) is 3.37. The van der Waals surface area contributed by atoms with Gasteiger partial charge in [-0.05, 0) is 26.7 Å². The summed E-state index contributed by atoms with van der Waals surface area (Å²) in [5, 5.41) is 5.33. The largest absolute Gasteiger partial charge is 0.332 e. The molecule has 0 unspecified atom stereocenters. The van der Waals surface area contributed by atoms with E-state index in [1.54, 1.807) is 13.8 Å². The molecule has 116 valence electrons. The van der Waals surface area contributed by atoms with Crippen LogP contribution < -0.4 is 10.6 Å². The van der Waals surface area contributed by atoms with E-state index in [1.165, 1.54) is 0 Å². The van der Waals surface area contributed by atoms with E-state index < -0.39 is 36.8 Å². The molecule has 0 saturated carbocycles. The number of sulfone groups is 2. The SMILES string of the molecule is C[C@]1(NC(=O)N[C@]2(C)CCS(=O)(=O)C2)CCS(=O)(=O)C1. The van der Waals surface area contributed by atoms with Crippen molar-refractivity contribution in [3.05, 3.63) is 0 Å². The van der Waals surface area contributed by atoms with Gasteiger partial charge in [0.05, 0.1) is 34.1 Å². The minimum absolute atomic E-state index is 0.0649. The molecule has 0 aromatic carbocycles. The smallest absolute Gasteiger partial charge is 0.315 e. The van der Waals surface area contributed by atoms with E-state index in [2.05, 4.69) is 10.6 Å². The zero-order valence-electron chi connectivity index (χ0n) is 11.6. The Bertz CT molecular complexity index is 573. The lowest BCUT2D eigenvalue weighted by atomic mass is 10.0. The zero-order chi connectivity index (χ0) is 15.2. The highest BCUT2D eigenvalue weighted by Gasteiger charge is 2.43. The molecule has 2 fully saturated rings. The molecule has 0 aliphatic carbocycles. The Labute approximate surface area is 119 Å². The lowest BCUT2D eigenvalue weighted by molar-refractivity contribution is 0.220. The lowest BCUT2D eigenvalue weighted by Crippen LogP contribution is -2.57. The molecule has 2 N–H and O–H groups in total. The van der Waals surface area contributed by atoms with E-state index in [9.17, 15) is 21.6 Å². The van der Waals surface area contributed by atoms with Crippen LogP contribution >= 0.6 is 0 Å². The molecule has 2 saturated heterocycles. The van der Waals surface area contributed by atoms with Gasteiger partial charge in [0.15, 0.2) is 19.7 Å². The Kier molecular flexibility index (Phi) is 3.57. The van der Waals surface area contributed by atoms with Crippen molar-refractivity contribution in [3.63, 3.8) is 0 Å². The van der Waals surface area contributed by atoms with Crippen molar-refractivity contribution in [2.24, 2.45) is 0 Å². The molecule has 2 aliphatic rings. The van der Waals surface area contributed by atoms with Crippen LogP contribution in [0.1, 0.15) is 26.7 Å². The Morgan fingerprint density at radius 2 is 1.20 bits per heavy atom. The number of hydrogen-bond donors (Lipinski definition) is 2. The zero-order valence-corrected chi connectivity index (χ0v) is 13.2. The summed E-state index contributed by atoms with van der Waals surface area (Å²) < 4.78 is 45.9. The minimum Gasteiger partial charge on any atom is -0.332 e. The number of rotatable bonds is 2. The molecule has 2 amide bonds. The van der Waals surface area contributed by atoms with Gasteiger partial charge in [0.2, 0.25) is 0 Å². The van der Waals surface area contributed by atoms with Gasteiger partial charge in [0, 0.05) is 0 Å². The number of carbonyl (C=O) groups is 1. The number of nitrogens with one attached hydrogen (secondary N) is 2. The molecule has 2 aliphatic heterocycles. The van der Waals surface area contributed by atoms with Crippen LogP contribution in [0.4, 0.5) is 4.79 Å². The molecule has 9 heteroatoms. The average Bonchev–Trinajstić information content (AvgIpc) is 2.62. The molecular formula is C11H20N2O5S2. The highest BCUT2D eigenvalue weighted by molar-refractivity contribution is 7.92. The van der Waals surface area contributed by atoms with Crippen LogP contribution in [0, 0.1) is 0 Å². The average molecular weight is 324 g/mol. The van der Waals surface area contributed by atoms with Gasteiger partial charge in [-0.15, -0.1) is 0 Å². The Hall–Kier alpha value is -0.830. The van der Waals surface area contributed by atoms with Gasteiger partial charge < -0.3 is 10.6 Å². The molecule has 0 aromatic rings. The molecule has 2 rings (SSSR count). The standard InChI is InChI=1S/C11H20N2O5S2/c1-10(3-5-19(15,16)7-10)12-9(14)13-11(2)4-6-20(17,18)8-11/h3-8H2,1-2H3,(H2,12,13,14)/t10-,11+. The summed E-state index contributed by atoms with van der Waals surface area (Å²) >= 11 is 0. The normalized spacial score (nSPS) is 38.5. The monoisotopic (exact) mass is 324 g/mol. The third-order valence-corrected chi connectivity index (χ3v) is 7.64. The van der Waals surface area contributed by atoms with E-state index >= 15 is 0 Å². The third-order valence-electron chi connectivity index (χ3n) is 3.84. The third kappa shape index (κ3) is 3.63. The topological polar surface area (TPSA) is 109 Å². The van der Waals surface area contributed by atoms with Gasteiger partial charge >= 0.3 is 6.03 Å². The first kappa shape index (κ1) is 15.6. The number of urea groups is 1. The summed E-state index contributed by atoms with van der Waals surface area (Å²) in [6.07, 6.45) is 0.746. The fraction of sp³-hybridized carbons (Fsp3) is 0.909. The van der Waals surface area contributed by atoms with Crippen molar-refractivity contribution >= 4 is 25.7 Å². The van der Waals surface area contributed by atoms with Crippen LogP contribution in [0.2, 0.25) is 0 Å². The second kappa shape index (κ2) is 4.59. The molecule has 0 radical (unpaired) electrons. The predicted molar refractivity (Wildman–Crippen MR) is 75.0 cm³/mol. The minimum atomic E-state index is -3.10. The number of hydrogen-bond acceptors (Lipinski definition) is 5. The second-order valence-electron chi connectivity index (χ2n) is 6.38. The number of carbonyl (C=O) groups excluding carboxylic acids is 1. The molecule has 0 spiro atoms. The summed E-state index contributed by atoms with van der Waals surface area (Å²) in [5.74, 6) is -0.0320. The maximum absolute atomic E-state index is 12.0. The number of amides is 2.